The van der Waals surface area contributed by atoms with E-state index in [-0.39, 0.29) is 6.04 Å². The molecule has 0 fully saturated rings. The first kappa shape index (κ1) is 15.2. The zero-order valence-corrected chi connectivity index (χ0v) is 12.8. The molecule has 4 heteroatoms. The Morgan fingerprint density at radius 3 is 2.55 bits per heavy atom. The van der Waals surface area contributed by atoms with Crippen molar-refractivity contribution in [1.82, 2.24) is 0 Å². The van der Waals surface area contributed by atoms with Crippen LogP contribution in [0.2, 0.25) is 10.0 Å². The van der Waals surface area contributed by atoms with Gasteiger partial charge in [0.2, 0.25) is 0 Å². The lowest BCUT2D eigenvalue weighted by atomic mass is 10.0. The molecule has 0 aromatic heterocycles. The number of ether oxygens (including phenoxy) is 1. The predicted octanol–water partition coefficient (Wildman–Crippen LogP) is 4.98. The lowest BCUT2D eigenvalue weighted by Gasteiger charge is -2.15. The van der Waals surface area contributed by atoms with Crippen LogP contribution in [0.1, 0.15) is 30.5 Å². The van der Waals surface area contributed by atoms with Gasteiger partial charge in [-0.2, -0.15) is 0 Å². The second-order valence-corrected chi connectivity index (χ2v) is 5.40. The minimum absolute atomic E-state index is 0.0139. The van der Waals surface area contributed by atoms with Crippen molar-refractivity contribution in [3.8, 4) is 5.75 Å². The molecule has 0 saturated carbocycles. The molecule has 106 valence electrons. The molecule has 0 aliphatic rings. The van der Waals surface area contributed by atoms with Gasteiger partial charge in [-0.15, -0.1) is 0 Å². The van der Waals surface area contributed by atoms with Gasteiger partial charge in [-0.3, -0.25) is 0 Å². The third kappa shape index (κ3) is 3.66. The standard InChI is InChI=1S/C16H17Cl2NO/c1-2-15(19)12-5-3-4-6-16(12)20-10-11-7-8-13(17)14(18)9-11/h3-9,15H,2,10,19H2,1H3/t15-/m0/s1. The van der Waals surface area contributed by atoms with Crippen LogP contribution >= 0.6 is 23.2 Å². The van der Waals surface area contributed by atoms with Crippen LogP contribution in [-0.4, -0.2) is 0 Å². The smallest absolute Gasteiger partial charge is 0.124 e. The molecule has 0 bridgehead atoms. The SMILES string of the molecule is CC[C@H](N)c1ccccc1OCc1ccc(Cl)c(Cl)c1. The van der Waals surface area contributed by atoms with Crippen LogP contribution in [0.4, 0.5) is 0 Å². The van der Waals surface area contributed by atoms with E-state index in [4.69, 9.17) is 33.7 Å². The van der Waals surface area contributed by atoms with E-state index in [1.165, 1.54) is 0 Å². The molecule has 2 aromatic rings. The van der Waals surface area contributed by atoms with Crippen molar-refractivity contribution < 1.29 is 4.74 Å². The minimum atomic E-state index is -0.0139. The summed E-state index contributed by atoms with van der Waals surface area (Å²) >= 11 is 11.9. The van der Waals surface area contributed by atoms with E-state index in [0.29, 0.717) is 16.7 Å². The van der Waals surface area contributed by atoms with Gasteiger partial charge in [-0.1, -0.05) is 54.4 Å². The molecule has 2 N–H and O–H groups in total. The Hall–Kier alpha value is -1.22. The first-order valence-electron chi connectivity index (χ1n) is 6.53. The van der Waals surface area contributed by atoms with Crippen LogP contribution < -0.4 is 10.5 Å². The van der Waals surface area contributed by atoms with Gasteiger partial charge in [-0.25, -0.2) is 0 Å². The van der Waals surface area contributed by atoms with E-state index < -0.39 is 0 Å². The zero-order chi connectivity index (χ0) is 14.5. The van der Waals surface area contributed by atoms with Crippen molar-refractivity contribution in [3.05, 3.63) is 63.6 Å². The summed E-state index contributed by atoms with van der Waals surface area (Å²) in [5.41, 5.74) is 8.08. The molecule has 0 unspecified atom stereocenters. The Morgan fingerprint density at radius 1 is 1.10 bits per heavy atom. The molecule has 2 rings (SSSR count). The largest absolute Gasteiger partial charge is 0.489 e. The maximum absolute atomic E-state index is 6.09. The number of halogens is 2. The van der Waals surface area contributed by atoms with Gasteiger partial charge in [0.25, 0.3) is 0 Å². The monoisotopic (exact) mass is 309 g/mol. The van der Waals surface area contributed by atoms with Crippen molar-refractivity contribution in [2.45, 2.75) is 26.0 Å². The summed E-state index contributed by atoms with van der Waals surface area (Å²) in [4.78, 5) is 0. The maximum atomic E-state index is 6.09. The summed E-state index contributed by atoms with van der Waals surface area (Å²) in [6.45, 7) is 2.49. The van der Waals surface area contributed by atoms with Crippen molar-refractivity contribution in [3.63, 3.8) is 0 Å². The Bertz CT molecular complexity index is 586. The van der Waals surface area contributed by atoms with Crippen molar-refractivity contribution in [2.24, 2.45) is 5.73 Å². The fraction of sp³-hybridized carbons (Fsp3) is 0.250. The van der Waals surface area contributed by atoms with E-state index in [1.807, 2.05) is 36.4 Å². The molecular weight excluding hydrogens is 293 g/mol. The number of rotatable bonds is 5. The van der Waals surface area contributed by atoms with E-state index >= 15 is 0 Å². The van der Waals surface area contributed by atoms with Crippen LogP contribution in [0.15, 0.2) is 42.5 Å². The maximum Gasteiger partial charge on any atom is 0.124 e. The third-order valence-corrected chi connectivity index (χ3v) is 3.88. The van der Waals surface area contributed by atoms with Crippen molar-refractivity contribution in [2.75, 3.05) is 0 Å². The van der Waals surface area contributed by atoms with Crippen LogP contribution in [0.3, 0.4) is 0 Å². The molecule has 1 atom stereocenters. The number of hydrogen-bond donors (Lipinski definition) is 1. The highest BCUT2D eigenvalue weighted by molar-refractivity contribution is 6.42. The van der Waals surface area contributed by atoms with Crippen molar-refractivity contribution in [1.29, 1.82) is 0 Å². The van der Waals surface area contributed by atoms with Gasteiger partial charge < -0.3 is 10.5 Å². The van der Waals surface area contributed by atoms with Crippen LogP contribution in [0.5, 0.6) is 5.75 Å². The van der Waals surface area contributed by atoms with Gasteiger partial charge in [0.15, 0.2) is 0 Å². The van der Waals surface area contributed by atoms with E-state index in [9.17, 15) is 0 Å². The first-order valence-corrected chi connectivity index (χ1v) is 7.28. The quantitative estimate of drug-likeness (QED) is 0.845. The highest BCUT2D eigenvalue weighted by atomic mass is 35.5. The summed E-state index contributed by atoms with van der Waals surface area (Å²) in [5.74, 6) is 0.813. The third-order valence-electron chi connectivity index (χ3n) is 3.14. The summed E-state index contributed by atoms with van der Waals surface area (Å²) in [5, 5.41) is 1.08. The highest BCUT2D eigenvalue weighted by Gasteiger charge is 2.10. The van der Waals surface area contributed by atoms with Crippen molar-refractivity contribution >= 4 is 23.2 Å². The minimum Gasteiger partial charge on any atom is -0.489 e. The van der Waals surface area contributed by atoms with Crippen LogP contribution in [0.25, 0.3) is 0 Å². The Balaban J connectivity index is 2.12. The highest BCUT2D eigenvalue weighted by Crippen LogP contribution is 2.27. The molecule has 0 saturated heterocycles. The van der Waals surface area contributed by atoms with E-state index in [2.05, 4.69) is 6.92 Å². The molecule has 0 heterocycles. The second-order valence-electron chi connectivity index (χ2n) is 4.59. The molecule has 0 spiro atoms. The molecule has 0 radical (unpaired) electrons. The van der Waals surface area contributed by atoms with Gasteiger partial charge in [0.05, 0.1) is 10.0 Å². The predicted molar refractivity (Wildman–Crippen MR) is 84.5 cm³/mol. The number of para-hydroxylation sites is 1. The Kier molecular flexibility index (Phi) is 5.30. The lowest BCUT2D eigenvalue weighted by molar-refractivity contribution is 0.300. The molecular formula is C16H17Cl2NO. The van der Waals surface area contributed by atoms with E-state index in [1.54, 1.807) is 6.07 Å². The molecule has 0 aliphatic heterocycles. The molecule has 2 nitrogen and oxygen atoms in total. The topological polar surface area (TPSA) is 35.2 Å². The summed E-state index contributed by atoms with van der Waals surface area (Å²) < 4.78 is 5.86. The van der Waals surface area contributed by atoms with Gasteiger partial charge >= 0.3 is 0 Å². The molecule has 0 aliphatic carbocycles. The summed E-state index contributed by atoms with van der Waals surface area (Å²) in [7, 11) is 0. The van der Waals surface area contributed by atoms with E-state index in [0.717, 1.165) is 23.3 Å². The zero-order valence-electron chi connectivity index (χ0n) is 11.3. The second kappa shape index (κ2) is 6.98. The van der Waals surface area contributed by atoms with Gasteiger partial charge in [-0.05, 0) is 30.2 Å². The molecule has 20 heavy (non-hydrogen) atoms. The average molecular weight is 310 g/mol. The fourth-order valence-corrected chi connectivity index (χ4v) is 2.25. The van der Waals surface area contributed by atoms with Crippen LogP contribution in [-0.2, 0) is 6.61 Å². The normalized spacial score (nSPS) is 12.2. The first-order chi connectivity index (χ1) is 9.61. The number of nitrogens with two attached hydrogens (primary N) is 1. The molecule has 0 amide bonds. The average Bonchev–Trinajstić information content (AvgIpc) is 2.48. The fourth-order valence-electron chi connectivity index (χ4n) is 1.93. The Labute approximate surface area is 129 Å². The van der Waals surface area contributed by atoms with Gasteiger partial charge in [0, 0.05) is 11.6 Å². The summed E-state index contributed by atoms with van der Waals surface area (Å²) in [6.07, 6.45) is 0.868. The number of benzene rings is 2. The van der Waals surface area contributed by atoms with Crippen LogP contribution in [0, 0.1) is 0 Å². The summed E-state index contributed by atoms with van der Waals surface area (Å²) in [6, 6.07) is 13.3. The lowest BCUT2D eigenvalue weighted by Crippen LogP contribution is -2.10. The Morgan fingerprint density at radius 2 is 1.85 bits per heavy atom. The van der Waals surface area contributed by atoms with Gasteiger partial charge in [0.1, 0.15) is 12.4 Å². The number of hydrogen-bond acceptors (Lipinski definition) is 2. The molecule has 2 aromatic carbocycles.